The Labute approximate surface area is 118 Å². The van der Waals surface area contributed by atoms with Gasteiger partial charge in [0.15, 0.2) is 0 Å². The molecular formula is C14H20N3O3. The molecule has 0 fully saturated rings. The molecule has 0 bridgehead atoms. The van der Waals surface area contributed by atoms with Crippen LogP contribution in [0, 0.1) is 5.92 Å². The fraction of sp³-hybridized carbons (Fsp3) is 0.429. The third-order valence-electron chi connectivity index (χ3n) is 2.75. The molecule has 0 saturated carbocycles. The van der Waals surface area contributed by atoms with Crippen molar-refractivity contribution in [2.45, 2.75) is 20.0 Å². The zero-order valence-corrected chi connectivity index (χ0v) is 11.7. The summed E-state index contributed by atoms with van der Waals surface area (Å²) in [5.41, 5.74) is 6.64. The first-order chi connectivity index (χ1) is 9.41. The number of amides is 2. The number of hydrogen-bond acceptors (Lipinski definition) is 4. The molecule has 1 radical (unpaired) electrons. The second kappa shape index (κ2) is 7.62. The van der Waals surface area contributed by atoms with Gasteiger partial charge in [-0.05, 0) is 6.07 Å². The highest BCUT2D eigenvalue weighted by atomic mass is 16.3. The number of nitrogen functional groups attached to an aromatic ring is 1. The summed E-state index contributed by atoms with van der Waals surface area (Å²) in [5, 5.41) is 16.9. The minimum Gasteiger partial charge on any atom is -0.398 e. The highest BCUT2D eigenvalue weighted by Crippen LogP contribution is 2.19. The number of anilines is 1. The Morgan fingerprint density at radius 3 is 2.50 bits per heavy atom. The molecular weight excluding hydrogens is 258 g/mol. The summed E-state index contributed by atoms with van der Waals surface area (Å²) in [6.07, 6.45) is -1.05. The van der Waals surface area contributed by atoms with Gasteiger partial charge in [0.25, 0.3) is 0 Å². The van der Waals surface area contributed by atoms with Crippen molar-refractivity contribution < 1.29 is 14.7 Å². The summed E-state index contributed by atoms with van der Waals surface area (Å²) < 4.78 is 0. The highest BCUT2D eigenvalue weighted by Gasteiger charge is 2.14. The lowest BCUT2D eigenvalue weighted by Crippen LogP contribution is -2.40. The smallest absolute Gasteiger partial charge is 0.240 e. The zero-order valence-electron chi connectivity index (χ0n) is 11.7. The summed E-state index contributed by atoms with van der Waals surface area (Å²) in [7, 11) is 0. The van der Waals surface area contributed by atoms with Gasteiger partial charge in [0.05, 0.1) is 6.54 Å². The topological polar surface area (TPSA) is 104 Å². The largest absolute Gasteiger partial charge is 0.398 e. The van der Waals surface area contributed by atoms with Crippen molar-refractivity contribution in [3.63, 3.8) is 0 Å². The third-order valence-corrected chi connectivity index (χ3v) is 2.75. The quantitative estimate of drug-likeness (QED) is 0.664. The molecule has 6 heteroatoms. The number of hydrogen-bond donors (Lipinski definition) is 3. The fourth-order valence-electron chi connectivity index (χ4n) is 1.56. The summed E-state index contributed by atoms with van der Waals surface area (Å²) in [6.45, 7) is 3.38. The average Bonchev–Trinajstić information content (AvgIpc) is 2.38. The molecule has 1 aromatic rings. The first-order valence-electron chi connectivity index (χ1n) is 6.46. The van der Waals surface area contributed by atoms with E-state index in [1.807, 2.05) is 0 Å². The van der Waals surface area contributed by atoms with E-state index in [4.69, 9.17) is 5.73 Å². The Bertz CT molecular complexity index is 474. The van der Waals surface area contributed by atoms with Crippen molar-refractivity contribution >= 4 is 17.5 Å². The first kappa shape index (κ1) is 16.1. The van der Waals surface area contributed by atoms with Crippen LogP contribution in [0.4, 0.5) is 5.69 Å². The van der Waals surface area contributed by atoms with Crippen LogP contribution in [0.25, 0.3) is 0 Å². The standard InChI is InChI=1S/C14H20N3O3/c1-9(2)14(20)17-13(19)8-16-7-12(18)10-5-3-4-6-11(10)15/h3-6,9,12,16H,7-8,15H2,1-2H3,(H,17,19,20). The van der Waals surface area contributed by atoms with Crippen LogP contribution < -0.4 is 16.4 Å². The Morgan fingerprint density at radius 1 is 1.25 bits per heavy atom. The van der Waals surface area contributed by atoms with Crippen LogP contribution in [0.3, 0.4) is 0 Å². The van der Waals surface area contributed by atoms with E-state index >= 15 is 0 Å². The van der Waals surface area contributed by atoms with Gasteiger partial charge in [0.1, 0.15) is 6.10 Å². The van der Waals surface area contributed by atoms with E-state index in [1.54, 1.807) is 38.1 Å². The Kier molecular flexibility index (Phi) is 6.14. The normalized spacial score (nSPS) is 12.2. The predicted octanol–water partition coefficient (Wildman–Crippen LogP) is 0.629. The third kappa shape index (κ3) is 4.99. The molecule has 0 aliphatic heterocycles. The molecule has 1 atom stereocenters. The van der Waals surface area contributed by atoms with Crippen LogP contribution in [-0.4, -0.2) is 24.9 Å². The fourth-order valence-corrected chi connectivity index (χ4v) is 1.56. The van der Waals surface area contributed by atoms with Crippen LogP contribution in [-0.2, 0) is 14.7 Å². The van der Waals surface area contributed by atoms with Gasteiger partial charge >= 0.3 is 0 Å². The van der Waals surface area contributed by atoms with Crippen LogP contribution in [0.5, 0.6) is 0 Å². The second-order valence-electron chi connectivity index (χ2n) is 4.82. The van der Waals surface area contributed by atoms with E-state index in [1.165, 1.54) is 0 Å². The van der Waals surface area contributed by atoms with Crippen molar-refractivity contribution in [3.8, 4) is 0 Å². The number of carbonyl (C=O) groups excluding carboxylic acids is 2. The number of imide groups is 1. The molecule has 1 unspecified atom stereocenters. The average molecular weight is 278 g/mol. The van der Waals surface area contributed by atoms with Gasteiger partial charge < -0.3 is 11.1 Å². The van der Waals surface area contributed by atoms with E-state index in [-0.39, 0.29) is 24.9 Å². The van der Waals surface area contributed by atoms with Crippen LogP contribution >= 0.6 is 0 Å². The molecule has 0 spiro atoms. The Hall–Kier alpha value is -1.92. The van der Waals surface area contributed by atoms with E-state index in [0.29, 0.717) is 11.3 Å². The molecule has 0 aliphatic rings. The van der Waals surface area contributed by atoms with Gasteiger partial charge in [0, 0.05) is 23.7 Å². The van der Waals surface area contributed by atoms with E-state index in [0.717, 1.165) is 0 Å². The maximum absolute atomic E-state index is 11.9. The molecule has 0 aliphatic carbocycles. The minimum atomic E-state index is -1.05. The van der Waals surface area contributed by atoms with Crippen molar-refractivity contribution in [2.75, 3.05) is 18.8 Å². The molecule has 2 amide bonds. The zero-order chi connectivity index (χ0) is 15.1. The first-order valence-corrected chi connectivity index (χ1v) is 6.46. The number of para-hydroxylation sites is 1. The number of nitrogens with one attached hydrogen (secondary N) is 2. The van der Waals surface area contributed by atoms with E-state index in [2.05, 4.69) is 10.6 Å². The Morgan fingerprint density at radius 2 is 1.90 bits per heavy atom. The minimum absolute atomic E-state index is 0.0670. The van der Waals surface area contributed by atoms with Gasteiger partial charge in [0.2, 0.25) is 11.8 Å². The predicted molar refractivity (Wildman–Crippen MR) is 75.1 cm³/mol. The van der Waals surface area contributed by atoms with Crippen molar-refractivity contribution in [3.05, 3.63) is 29.8 Å². The molecule has 1 rings (SSSR count). The van der Waals surface area contributed by atoms with Gasteiger partial charge in [-0.3, -0.25) is 14.9 Å². The van der Waals surface area contributed by atoms with Gasteiger partial charge in [-0.2, -0.15) is 0 Å². The number of nitrogens with two attached hydrogens (primary N) is 1. The van der Waals surface area contributed by atoms with Crippen LogP contribution in [0.1, 0.15) is 25.5 Å². The van der Waals surface area contributed by atoms with E-state index in [9.17, 15) is 14.7 Å². The molecule has 20 heavy (non-hydrogen) atoms. The molecule has 6 nitrogen and oxygen atoms in total. The maximum Gasteiger partial charge on any atom is 0.240 e. The summed E-state index contributed by atoms with van der Waals surface area (Å²) >= 11 is 0. The maximum atomic E-state index is 11.9. The molecule has 4 N–H and O–H groups in total. The molecule has 0 heterocycles. The Balaban J connectivity index is 2.36. The van der Waals surface area contributed by atoms with Gasteiger partial charge in [-0.15, -0.1) is 0 Å². The van der Waals surface area contributed by atoms with E-state index < -0.39 is 12.0 Å². The van der Waals surface area contributed by atoms with Gasteiger partial charge in [-0.25, -0.2) is 5.11 Å². The molecule has 1 aromatic carbocycles. The number of benzene rings is 1. The SMILES string of the molecule is CC(C)C(=O)NC(=O)CNCC([O])c1ccccc1N. The summed E-state index contributed by atoms with van der Waals surface area (Å²) in [4.78, 5) is 22.7. The lowest BCUT2D eigenvalue weighted by molar-refractivity contribution is -0.131. The van der Waals surface area contributed by atoms with Crippen molar-refractivity contribution in [1.29, 1.82) is 0 Å². The lowest BCUT2D eigenvalue weighted by Gasteiger charge is -2.12. The molecule has 0 aromatic heterocycles. The molecule has 0 saturated heterocycles. The van der Waals surface area contributed by atoms with Gasteiger partial charge in [-0.1, -0.05) is 32.0 Å². The summed E-state index contributed by atoms with van der Waals surface area (Å²) in [5.74, 6) is -1.03. The monoisotopic (exact) mass is 278 g/mol. The van der Waals surface area contributed by atoms with Crippen molar-refractivity contribution in [2.24, 2.45) is 5.92 Å². The van der Waals surface area contributed by atoms with Crippen LogP contribution in [0.2, 0.25) is 0 Å². The summed E-state index contributed by atoms with van der Waals surface area (Å²) in [6, 6.07) is 6.82. The van der Waals surface area contributed by atoms with Crippen molar-refractivity contribution in [1.82, 2.24) is 10.6 Å². The second-order valence-corrected chi connectivity index (χ2v) is 4.82. The van der Waals surface area contributed by atoms with Crippen LogP contribution in [0.15, 0.2) is 24.3 Å². The lowest BCUT2D eigenvalue weighted by atomic mass is 10.1. The number of carbonyl (C=O) groups is 2. The number of rotatable bonds is 6. The highest BCUT2D eigenvalue weighted by molar-refractivity contribution is 5.96. The molecule has 109 valence electrons.